The van der Waals surface area contributed by atoms with Crippen molar-refractivity contribution < 1.29 is 38.3 Å². The molecule has 15 heteroatoms. The van der Waals surface area contributed by atoms with Gasteiger partial charge in [-0.2, -0.15) is 0 Å². The first-order chi connectivity index (χ1) is 27.2. The van der Waals surface area contributed by atoms with Gasteiger partial charge in [0.25, 0.3) is 5.91 Å². The van der Waals surface area contributed by atoms with Crippen LogP contribution in [0.1, 0.15) is 128 Å². The van der Waals surface area contributed by atoms with Crippen LogP contribution < -0.4 is 26.6 Å². The number of nitrogens with zero attached hydrogens (tertiary/aromatic N) is 2. The fourth-order valence-electron chi connectivity index (χ4n) is 7.27. The van der Waals surface area contributed by atoms with Crippen molar-refractivity contribution in [2.45, 2.75) is 154 Å². The number of imidazole rings is 1. The molecule has 1 aliphatic carbocycles. The van der Waals surface area contributed by atoms with Crippen LogP contribution in [-0.4, -0.2) is 81.1 Å². The lowest BCUT2D eigenvalue weighted by molar-refractivity contribution is -0.158. The Bertz CT molecular complexity index is 1680. The Balaban J connectivity index is 1.47. The number of nitrogens with one attached hydrogen (secondary N) is 5. The number of Topliss-reactive ketones (excluding diaryl/α,β-unsaturated/α-hetero) is 1. The van der Waals surface area contributed by atoms with Gasteiger partial charge in [0.15, 0.2) is 6.04 Å². The van der Waals surface area contributed by atoms with Crippen molar-refractivity contribution in [1.29, 1.82) is 0 Å². The summed E-state index contributed by atoms with van der Waals surface area (Å²) < 4.78 is 7.44. The lowest BCUT2D eigenvalue weighted by Gasteiger charge is -2.31. The van der Waals surface area contributed by atoms with Gasteiger partial charge < -0.3 is 35.9 Å². The van der Waals surface area contributed by atoms with Gasteiger partial charge in [0.05, 0.1) is 24.6 Å². The fourth-order valence-corrected chi connectivity index (χ4v) is 7.27. The van der Waals surface area contributed by atoms with E-state index in [1.807, 2.05) is 10.8 Å². The van der Waals surface area contributed by atoms with Gasteiger partial charge in [-0.05, 0) is 64.4 Å². The number of fused-ring (bicyclic) bond motifs is 2. The minimum absolute atomic E-state index is 0.00946. The summed E-state index contributed by atoms with van der Waals surface area (Å²) in [4.78, 5) is 98.4. The second-order valence-electron chi connectivity index (χ2n) is 16.2. The summed E-state index contributed by atoms with van der Waals surface area (Å²) in [6.07, 6.45) is 13.4. The standard InChI is InChI=1S/C42H61N7O8/c1-5-17-31(37(52)40(55)43-25-34(51)48-36(29-20-13-10-14-21-29)41(56)57-42(2,3)4)45-38(53)32-24-30-26-49(27-44-30)23-16-8-6-7-15-22-33(50)47-35(39(54)46-32)28-18-11-9-12-19-28/h10,13-14,20-21,26-28,31-32,35-36H,5-9,11-12,15-19,22-25H2,1-4H3,(H,43,55)(H,45,53)(H,46,54)(H,47,50)(H,48,51). The van der Waals surface area contributed by atoms with Crippen LogP contribution in [0.5, 0.6) is 0 Å². The number of hydrogen-bond acceptors (Lipinski definition) is 9. The maximum absolute atomic E-state index is 14.1. The van der Waals surface area contributed by atoms with Gasteiger partial charge in [0.2, 0.25) is 29.4 Å². The van der Waals surface area contributed by atoms with E-state index >= 15 is 0 Å². The molecule has 4 atom stereocenters. The lowest BCUT2D eigenvalue weighted by atomic mass is 9.83. The third-order valence-electron chi connectivity index (χ3n) is 10.2. The third-order valence-corrected chi connectivity index (χ3v) is 10.2. The van der Waals surface area contributed by atoms with Crippen molar-refractivity contribution in [2.75, 3.05) is 6.54 Å². The van der Waals surface area contributed by atoms with Crippen molar-refractivity contribution in [3.63, 3.8) is 0 Å². The molecule has 1 fully saturated rings. The molecule has 1 aromatic heterocycles. The van der Waals surface area contributed by atoms with Crippen LogP contribution in [-0.2, 0) is 51.3 Å². The monoisotopic (exact) mass is 791 g/mol. The highest BCUT2D eigenvalue weighted by atomic mass is 16.6. The number of carbonyl (C=O) groups is 7. The molecule has 0 saturated heterocycles. The summed E-state index contributed by atoms with van der Waals surface area (Å²) in [5.41, 5.74) is 0.203. The number of benzene rings is 1. The first kappa shape index (κ1) is 44.6. The molecule has 5 N–H and O–H groups in total. The Morgan fingerprint density at radius 3 is 2.30 bits per heavy atom. The molecular weight excluding hydrogens is 731 g/mol. The predicted octanol–water partition coefficient (Wildman–Crippen LogP) is 3.50. The first-order valence-electron chi connectivity index (χ1n) is 20.5. The van der Waals surface area contributed by atoms with Gasteiger partial charge in [-0.25, -0.2) is 9.78 Å². The zero-order valence-corrected chi connectivity index (χ0v) is 33.9. The molecule has 2 aromatic rings. The second kappa shape index (κ2) is 22.0. The van der Waals surface area contributed by atoms with Crippen molar-refractivity contribution >= 4 is 41.3 Å². The van der Waals surface area contributed by atoms with E-state index in [2.05, 4.69) is 31.6 Å². The zero-order chi connectivity index (χ0) is 41.4. The summed E-state index contributed by atoms with van der Waals surface area (Å²) >= 11 is 0. The van der Waals surface area contributed by atoms with Crippen LogP contribution >= 0.6 is 0 Å². The number of aromatic nitrogens is 2. The number of ether oxygens (including phenoxy) is 1. The molecule has 0 spiro atoms. The van der Waals surface area contributed by atoms with Gasteiger partial charge in [-0.1, -0.05) is 82.2 Å². The summed E-state index contributed by atoms with van der Waals surface area (Å²) in [5, 5.41) is 13.4. The smallest absolute Gasteiger partial charge is 0.333 e. The van der Waals surface area contributed by atoms with Crippen molar-refractivity contribution in [1.82, 2.24) is 36.1 Å². The maximum atomic E-state index is 14.1. The number of aryl methyl sites for hydroxylation is 1. The van der Waals surface area contributed by atoms with Crippen LogP contribution in [0.3, 0.4) is 0 Å². The number of hydrogen-bond donors (Lipinski definition) is 5. The molecule has 2 bridgehead atoms. The Morgan fingerprint density at radius 1 is 0.912 bits per heavy atom. The Kier molecular flexibility index (Phi) is 17.2. The van der Waals surface area contributed by atoms with E-state index in [1.165, 1.54) is 0 Å². The van der Waals surface area contributed by atoms with Gasteiger partial charge in [-0.15, -0.1) is 0 Å². The van der Waals surface area contributed by atoms with Crippen LogP contribution in [0.2, 0.25) is 0 Å². The summed E-state index contributed by atoms with van der Waals surface area (Å²) in [7, 11) is 0. The topological polar surface area (TPSA) is 207 Å². The Hall–Kier alpha value is -5.08. The molecular formula is C42H61N7O8. The molecule has 0 radical (unpaired) electrons. The van der Waals surface area contributed by atoms with Gasteiger partial charge >= 0.3 is 5.97 Å². The van der Waals surface area contributed by atoms with E-state index in [1.54, 1.807) is 64.4 Å². The van der Waals surface area contributed by atoms with Crippen LogP contribution in [0.4, 0.5) is 0 Å². The minimum Gasteiger partial charge on any atom is -0.458 e. The average Bonchev–Trinajstić information content (AvgIpc) is 3.63. The molecule has 1 aromatic carbocycles. The number of ketones is 1. The average molecular weight is 792 g/mol. The van der Waals surface area contributed by atoms with E-state index in [0.29, 0.717) is 24.1 Å². The van der Waals surface area contributed by atoms with Crippen LogP contribution in [0.15, 0.2) is 42.9 Å². The van der Waals surface area contributed by atoms with E-state index in [4.69, 9.17) is 4.74 Å². The molecule has 2 aliphatic rings. The predicted molar refractivity (Wildman–Crippen MR) is 212 cm³/mol. The van der Waals surface area contributed by atoms with Crippen molar-refractivity contribution in [2.24, 2.45) is 5.92 Å². The number of carbonyl (C=O) groups excluding carboxylic acids is 7. The fraction of sp³-hybridized carbons (Fsp3) is 0.619. The highest BCUT2D eigenvalue weighted by molar-refractivity contribution is 6.38. The third kappa shape index (κ3) is 14.7. The largest absolute Gasteiger partial charge is 0.458 e. The van der Waals surface area contributed by atoms with Gasteiger partial charge in [0.1, 0.15) is 17.7 Å². The summed E-state index contributed by atoms with van der Waals surface area (Å²) in [5.74, 6) is -4.97. The lowest BCUT2D eigenvalue weighted by Crippen LogP contribution is -2.59. The van der Waals surface area contributed by atoms with Gasteiger partial charge in [-0.3, -0.25) is 28.8 Å². The quantitative estimate of drug-likeness (QED) is 0.157. The maximum Gasteiger partial charge on any atom is 0.333 e. The minimum atomic E-state index is -1.27. The van der Waals surface area contributed by atoms with Crippen molar-refractivity contribution in [3.8, 4) is 0 Å². The Labute approximate surface area is 335 Å². The molecule has 15 nitrogen and oxygen atoms in total. The summed E-state index contributed by atoms with van der Waals surface area (Å²) in [6.45, 7) is 7.00. The molecule has 2 heterocycles. The molecule has 57 heavy (non-hydrogen) atoms. The van der Waals surface area contributed by atoms with Gasteiger partial charge in [0, 0.05) is 25.6 Å². The summed E-state index contributed by atoms with van der Waals surface area (Å²) in [6, 6.07) is 4.05. The Morgan fingerprint density at radius 2 is 1.60 bits per heavy atom. The van der Waals surface area contributed by atoms with E-state index < -0.39 is 71.7 Å². The normalized spacial score (nSPS) is 20.1. The number of rotatable bonds is 12. The van der Waals surface area contributed by atoms with Crippen LogP contribution in [0.25, 0.3) is 0 Å². The number of esters is 1. The number of amides is 5. The highest BCUT2D eigenvalue weighted by Crippen LogP contribution is 2.27. The molecule has 5 amide bonds. The van der Waals surface area contributed by atoms with Crippen molar-refractivity contribution in [3.05, 3.63) is 54.1 Å². The van der Waals surface area contributed by atoms with E-state index in [0.717, 1.165) is 70.8 Å². The van der Waals surface area contributed by atoms with Crippen LogP contribution in [0, 0.1) is 5.92 Å². The van der Waals surface area contributed by atoms with E-state index in [9.17, 15) is 33.6 Å². The first-order valence-corrected chi connectivity index (χ1v) is 20.5. The second-order valence-corrected chi connectivity index (χ2v) is 16.2. The zero-order valence-electron chi connectivity index (χ0n) is 33.9. The van der Waals surface area contributed by atoms with E-state index in [-0.39, 0.29) is 24.7 Å². The highest BCUT2D eigenvalue weighted by Gasteiger charge is 2.36. The molecule has 312 valence electrons. The molecule has 1 saturated carbocycles. The SMILES string of the molecule is CCCC(NC(=O)C1Cc2cn(cn2)CCCCCCCC(=O)NC(C2CCCCC2)C(=O)N1)C(=O)C(=O)NCC(=O)NC(C(=O)OC(C)(C)C)c1ccccc1. The molecule has 1 aliphatic heterocycles. The molecule has 4 rings (SSSR count). The molecule has 4 unspecified atom stereocenters.